The third kappa shape index (κ3) is 4.02. The van der Waals surface area contributed by atoms with Crippen LogP contribution in [0.25, 0.3) is 16.5 Å². The van der Waals surface area contributed by atoms with Crippen molar-refractivity contribution >= 4 is 16.3 Å². The lowest BCUT2D eigenvalue weighted by Gasteiger charge is -2.37. The van der Waals surface area contributed by atoms with Crippen LogP contribution in [0.15, 0.2) is 83.5 Å². The number of fused-ring (bicyclic) bond motifs is 1. The van der Waals surface area contributed by atoms with Gasteiger partial charge in [0.1, 0.15) is 0 Å². The van der Waals surface area contributed by atoms with E-state index in [0.717, 1.165) is 37.2 Å². The molecule has 1 N–H and O–H groups in total. The highest BCUT2D eigenvalue weighted by atomic mass is 32.1. The van der Waals surface area contributed by atoms with Crippen LogP contribution in [-0.4, -0.2) is 37.7 Å². The maximum atomic E-state index is 11.2. The van der Waals surface area contributed by atoms with Gasteiger partial charge in [0.15, 0.2) is 5.76 Å². The Bertz CT molecular complexity index is 1350. The number of likely N-dealkylation sites (tertiary alicyclic amines) is 1. The quantitative estimate of drug-likeness (QED) is 0.340. The summed E-state index contributed by atoms with van der Waals surface area (Å²) in [5.74, 6) is 1.92. The molecule has 3 aromatic heterocycles. The molecule has 5 aromatic rings. The molecule has 1 aliphatic rings. The summed E-state index contributed by atoms with van der Waals surface area (Å²) in [4.78, 5) is 8.66. The normalized spacial score (nSPS) is 16.2. The second kappa shape index (κ2) is 9.08. The minimum absolute atomic E-state index is 0.0283. The molecule has 0 radical (unpaired) electrons. The molecule has 0 aliphatic carbocycles. The second-order valence-corrected chi connectivity index (χ2v) is 9.89. The molecule has 1 atom stereocenters. The van der Waals surface area contributed by atoms with Crippen molar-refractivity contribution in [2.24, 2.45) is 5.92 Å². The summed E-state index contributed by atoms with van der Waals surface area (Å²) in [5.41, 5.74) is 2.59. The number of hydrogen-bond acceptors (Lipinski definition) is 6. The molecule has 7 heteroatoms. The van der Waals surface area contributed by atoms with Gasteiger partial charge in [-0.05, 0) is 61.5 Å². The number of hydrogen-bond donors (Lipinski definition) is 1. The van der Waals surface area contributed by atoms with E-state index >= 15 is 0 Å². The van der Waals surface area contributed by atoms with Crippen LogP contribution in [0.4, 0.5) is 0 Å². The van der Waals surface area contributed by atoms with Gasteiger partial charge in [0.25, 0.3) is 0 Å². The van der Waals surface area contributed by atoms with Gasteiger partial charge in [-0.2, -0.15) is 9.50 Å². The highest BCUT2D eigenvalue weighted by molar-refractivity contribution is 7.17. The van der Waals surface area contributed by atoms with Crippen molar-refractivity contribution in [2.75, 3.05) is 13.1 Å². The summed E-state index contributed by atoms with van der Waals surface area (Å²) in [7, 11) is 0. The van der Waals surface area contributed by atoms with Gasteiger partial charge in [0, 0.05) is 0 Å². The van der Waals surface area contributed by atoms with Crippen LogP contribution in [-0.2, 0) is 6.42 Å². The fourth-order valence-corrected chi connectivity index (χ4v) is 6.08. The van der Waals surface area contributed by atoms with Crippen LogP contribution >= 0.6 is 11.3 Å². The minimum atomic E-state index is -0.0283. The molecule has 6 nitrogen and oxygen atoms in total. The molecule has 6 rings (SSSR count). The lowest BCUT2D eigenvalue weighted by atomic mass is 9.89. The molecule has 172 valence electrons. The Morgan fingerprint density at radius 3 is 2.38 bits per heavy atom. The first kappa shape index (κ1) is 21.1. The van der Waals surface area contributed by atoms with Gasteiger partial charge in [-0.1, -0.05) is 72.0 Å². The van der Waals surface area contributed by atoms with Crippen molar-refractivity contribution in [2.45, 2.75) is 25.3 Å². The van der Waals surface area contributed by atoms with Crippen molar-refractivity contribution in [1.82, 2.24) is 19.5 Å². The molecule has 0 spiro atoms. The third-order valence-corrected chi connectivity index (χ3v) is 7.76. The van der Waals surface area contributed by atoms with E-state index in [0.29, 0.717) is 22.5 Å². The maximum absolute atomic E-state index is 11.2. The second-order valence-electron chi connectivity index (χ2n) is 8.88. The zero-order chi connectivity index (χ0) is 22.9. The average Bonchev–Trinajstić information content (AvgIpc) is 3.61. The van der Waals surface area contributed by atoms with Gasteiger partial charge in [-0.25, -0.2) is 0 Å². The number of aromatic nitrogens is 3. The summed E-state index contributed by atoms with van der Waals surface area (Å²) in [6.07, 6.45) is 5.01. The number of furan rings is 1. The maximum Gasteiger partial charge on any atom is 0.230 e. The summed E-state index contributed by atoms with van der Waals surface area (Å²) in [6, 6.07) is 24.8. The first-order valence-corrected chi connectivity index (χ1v) is 12.5. The Balaban J connectivity index is 1.28. The molecule has 0 amide bonds. The van der Waals surface area contributed by atoms with Crippen LogP contribution in [0.5, 0.6) is 5.88 Å². The van der Waals surface area contributed by atoms with E-state index in [9.17, 15) is 5.11 Å². The van der Waals surface area contributed by atoms with Crippen LogP contribution in [0.1, 0.15) is 34.9 Å². The predicted molar refractivity (Wildman–Crippen MR) is 133 cm³/mol. The van der Waals surface area contributed by atoms with Crippen LogP contribution in [0.3, 0.4) is 0 Å². The van der Waals surface area contributed by atoms with Crippen molar-refractivity contribution in [3.8, 4) is 17.5 Å². The Hall–Kier alpha value is -3.42. The molecule has 0 saturated carbocycles. The molecular formula is C27H26N4O2S. The van der Waals surface area contributed by atoms with Crippen LogP contribution in [0, 0.1) is 5.92 Å². The minimum Gasteiger partial charge on any atom is -0.492 e. The number of rotatable bonds is 6. The smallest absolute Gasteiger partial charge is 0.230 e. The van der Waals surface area contributed by atoms with E-state index in [-0.39, 0.29) is 11.9 Å². The van der Waals surface area contributed by atoms with Gasteiger partial charge in [-0.3, -0.25) is 4.90 Å². The number of benzene rings is 2. The monoisotopic (exact) mass is 470 g/mol. The number of aromatic hydroxyl groups is 1. The standard InChI is InChI=1S/C27H26N4O2S/c32-26-24(34-27-28-25(29-31(26)27)22-12-7-17-33-22)23(21-10-5-2-6-11-21)30-15-13-20(14-16-30)18-19-8-3-1-4-9-19/h1-12,17,20,23,32H,13-16,18H2. The first-order valence-electron chi connectivity index (χ1n) is 11.7. The molecule has 34 heavy (non-hydrogen) atoms. The first-order chi connectivity index (χ1) is 16.8. The summed E-state index contributed by atoms with van der Waals surface area (Å²) in [6.45, 7) is 1.98. The Morgan fingerprint density at radius 1 is 0.971 bits per heavy atom. The van der Waals surface area contributed by atoms with Gasteiger partial charge in [0.2, 0.25) is 16.7 Å². The van der Waals surface area contributed by atoms with Crippen LogP contribution in [0.2, 0.25) is 0 Å². The largest absolute Gasteiger partial charge is 0.492 e. The van der Waals surface area contributed by atoms with E-state index in [2.05, 4.69) is 69.6 Å². The summed E-state index contributed by atoms with van der Waals surface area (Å²) in [5, 5.41) is 15.7. The summed E-state index contributed by atoms with van der Waals surface area (Å²) >= 11 is 1.50. The average molecular weight is 471 g/mol. The fraction of sp³-hybridized carbons (Fsp3) is 0.259. The van der Waals surface area contributed by atoms with Crippen molar-refractivity contribution in [3.05, 3.63) is 95.1 Å². The third-order valence-electron chi connectivity index (χ3n) is 6.69. The lowest BCUT2D eigenvalue weighted by molar-refractivity contribution is 0.150. The lowest BCUT2D eigenvalue weighted by Crippen LogP contribution is -2.37. The molecule has 0 bridgehead atoms. The number of nitrogens with zero attached hydrogens (tertiary/aromatic N) is 4. The topological polar surface area (TPSA) is 66.8 Å². The van der Waals surface area contributed by atoms with Crippen molar-refractivity contribution in [1.29, 1.82) is 0 Å². The number of thiazole rings is 1. The Kier molecular flexibility index (Phi) is 5.65. The van der Waals surface area contributed by atoms with E-state index in [1.165, 1.54) is 27.0 Å². The zero-order valence-corrected chi connectivity index (χ0v) is 19.6. The summed E-state index contributed by atoms with van der Waals surface area (Å²) < 4.78 is 6.97. The molecule has 1 aliphatic heterocycles. The molecule has 1 saturated heterocycles. The molecule has 2 aromatic carbocycles. The van der Waals surface area contributed by atoms with Gasteiger partial charge in [0.05, 0.1) is 17.2 Å². The Morgan fingerprint density at radius 2 is 1.71 bits per heavy atom. The van der Waals surface area contributed by atoms with Crippen molar-refractivity contribution in [3.63, 3.8) is 0 Å². The highest BCUT2D eigenvalue weighted by Crippen LogP contribution is 2.42. The van der Waals surface area contributed by atoms with E-state index in [1.54, 1.807) is 6.26 Å². The van der Waals surface area contributed by atoms with Gasteiger partial charge in [-0.15, -0.1) is 5.10 Å². The highest BCUT2D eigenvalue weighted by Gasteiger charge is 2.32. The molecular weight excluding hydrogens is 444 g/mol. The van der Waals surface area contributed by atoms with E-state index in [1.807, 2.05) is 18.2 Å². The van der Waals surface area contributed by atoms with Gasteiger partial charge < -0.3 is 9.52 Å². The van der Waals surface area contributed by atoms with E-state index < -0.39 is 0 Å². The Labute approximate surface area is 202 Å². The van der Waals surface area contributed by atoms with E-state index in [4.69, 9.17) is 4.42 Å². The molecule has 1 unspecified atom stereocenters. The van der Waals surface area contributed by atoms with Gasteiger partial charge >= 0.3 is 0 Å². The molecule has 4 heterocycles. The van der Waals surface area contributed by atoms with Crippen LogP contribution < -0.4 is 0 Å². The SMILES string of the molecule is Oc1c(C(c2ccccc2)N2CCC(Cc3ccccc3)CC2)sc2nc(-c3ccco3)nn12. The zero-order valence-electron chi connectivity index (χ0n) is 18.7. The number of piperidine rings is 1. The van der Waals surface area contributed by atoms with Crippen molar-refractivity contribution < 1.29 is 9.52 Å². The predicted octanol–water partition coefficient (Wildman–Crippen LogP) is 5.80. The molecule has 1 fully saturated rings. The fourth-order valence-electron chi connectivity index (χ4n) is 4.96.